The van der Waals surface area contributed by atoms with Crippen molar-refractivity contribution >= 4 is 32.6 Å². The Hall–Kier alpha value is -8.93. The average Bonchev–Trinajstić information content (AvgIpc) is 3.72. The van der Waals surface area contributed by atoms with Crippen molar-refractivity contribution in [3.05, 3.63) is 243 Å². The molecule has 0 spiro atoms. The predicted octanol–water partition coefficient (Wildman–Crippen LogP) is 15.9. The number of para-hydroxylation sites is 1. The van der Waals surface area contributed by atoms with Crippen molar-refractivity contribution in [2.75, 3.05) is 0 Å². The van der Waals surface area contributed by atoms with Gasteiger partial charge in [0.15, 0.2) is 0 Å². The molecule has 5 nitrogen and oxygen atoms in total. The normalized spacial score (nSPS) is 11.3. The minimum absolute atomic E-state index is 0.735. The molecular weight excluding hydrogens is 805 g/mol. The van der Waals surface area contributed by atoms with E-state index in [2.05, 4.69) is 185 Å². The van der Waals surface area contributed by atoms with E-state index in [1.54, 1.807) is 0 Å². The van der Waals surface area contributed by atoms with Crippen molar-refractivity contribution in [1.29, 1.82) is 0 Å². The van der Waals surface area contributed by atoms with Gasteiger partial charge in [-0.1, -0.05) is 127 Å². The van der Waals surface area contributed by atoms with E-state index in [4.69, 9.17) is 14.7 Å². The summed E-state index contributed by atoms with van der Waals surface area (Å²) in [7, 11) is 0. The van der Waals surface area contributed by atoms with Gasteiger partial charge in [0.1, 0.15) is 17.3 Å². The van der Waals surface area contributed by atoms with Gasteiger partial charge in [0.2, 0.25) is 0 Å². The largest absolute Gasteiger partial charge is 0.457 e. The van der Waals surface area contributed by atoms with Crippen LogP contribution < -0.4 is 4.74 Å². The Balaban J connectivity index is 0.836. The van der Waals surface area contributed by atoms with Gasteiger partial charge in [-0.15, -0.1) is 0 Å². The molecule has 0 aliphatic rings. The molecule has 310 valence electrons. The maximum absolute atomic E-state index is 6.61. The van der Waals surface area contributed by atoms with E-state index >= 15 is 0 Å². The minimum Gasteiger partial charge on any atom is -0.457 e. The van der Waals surface area contributed by atoms with Crippen molar-refractivity contribution < 1.29 is 4.74 Å². The van der Waals surface area contributed by atoms with Crippen molar-refractivity contribution in [3.8, 4) is 84.3 Å². The highest BCUT2D eigenvalue weighted by atomic mass is 16.5. The third kappa shape index (κ3) is 7.34. The van der Waals surface area contributed by atoms with Crippen LogP contribution in [0.25, 0.3) is 105 Å². The van der Waals surface area contributed by atoms with Gasteiger partial charge < -0.3 is 4.74 Å². The van der Waals surface area contributed by atoms with Crippen LogP contribution in [0.3, 0.4) is 0 Å². The molecule has 12 rings (SSSR count). The monoisotopic (exact) mass is 844 g/mol. The van der Waals surface area contributed by atoms with E-state index in [1.165, 1.54) is 22.1 Å². The second-order valence-electron chi connectivity index (χ2n) is 16.5. The smallest absolute Gasteiger partial charge is 0.137 e. The highest BCUT2D eigenvalue weighted by molar-refractivity contribution is 6.09. The first-order valence-corrected chi connectivity index (χ1v) is 22.1. The molecule has 0 unspecified atom stereocenters. The summed E-state index contributed by atoms with van der Waals surface area (Å²) < 4.78 is 8.81. The van der Waals surface area contributed by atoms with Crippen molar-refractivity contribution in [2.45, 2.75) is 0 Å². The maximum atomic E-state index is 6.61. The number of rotatable bonds is 9. The van der Waals surface area contributed by atoms with Crippen LogP contribution in [0.2, 0.25) is 0 Å². The average molecular weight is 845 g/mol. The summed E-state index contributed by atoms with van der Waals surface area (Å²) in [6.07, 6.45) is 5.56. The van der Waals surface area contributed by atoms with Gasteiger partial charge >= 0.3 is 0 Å². The second-order valence-corrected chi connectivity index (χ2v) is 16.5. The molecule has 0 saturated carbocycles. The lowest BCUT2D eigenvalue weighted by atomic mass is 9.93. The van der Waals surface area contributed by atoms with E-state index in [0.29, 0.717) is 0 Å². The minimum atomic E-state index is 0.735. The molecule has 0 radical (unpaired) electrons. The molecule has 0 fully saturated rings. The van der Waals surface area contributed by atoms with Gasteiger partial charge in [-0.3, -0.25) is 14.5 Å². The van der Waals surface area contributed by atoms with E-state index in [9.17, 15) is 0 Å². The standard InChI is InChI=1S/C61H40N4O/c1-2-24-58-54(22-1)55-29-28-53(40-59(55)65(58)60-25-4-6-32-63-60)66-52-21-11-20-51(38-52)61-56-39-49(27-26-41(56)30-33-64-61)47-17-9-15-45(36-47)43-13-7-12-42(34-43)44-14-8-16-46(35-44)48-18-10-19-50(37-48)57-23-3-5-31-62-57/h1-40H. The van der Waals surface area contributed by atoms with Crippen molar-refractivity contribution in [3.63, 3.8) is 0 Å². The number of hydrogen-bond acceptors (Lipinski definition) is 4. The third-order valence-electron chi connectivity index (χ3n) is 12.4. The zero-order chi connectivity index (χ0) is 43.8. The summed E-state index contributed by atoms with van der Waals surface area (Å²) in [4.78, 5) is 14.2. The highest BCUT2D eigenvalue weighted by Crippen LogP contribution is 2.38. The second kappa shape index (κ2) is 16.6. The summed E-state index contributed by atoms with van der Waals surface area (Å²) in [5.41, 5.74) is 15.3. The number of nitrogens with zero attached hydrogens (tertiary/aromatic N) is 4. The molecule has 12 aromatic rings. The number of hydrogen-bond donors (Lipinski definition) is 0. The fraction of sp³-hybridized carbons (Fsp3) is 0. The molecule has 0 N–H and O–H groups in total. The van der Waals surface area contributed by atoms with Crippen LogP contribution in [-0.4, -0.2) is 19.5 Å². The molecule has 0 bridgehead atoms. The van der Waals surface area contributed by atoms with Gasteiger partial charge in [-0.05, 0) is 141 Å². The highest BCUT2D eigenvalue weighted by Gasteiger charge is 2.15. The summed E-state index contributed by atoms with van der Waals surface area (Å²) in [6.45, 7) is 0. The Kier molecular flexibility index (Phi) is 9.77. The summed E-state index contributed by atoms with van der Waals surface area (Å²) >= 11 is 0. The van der Waals surface area contributed by atoms with Crippen LogP contribution in [0, 0.1) is 0 Å². The van der Waals surface area contributed by atoms with Crippen LogP contribution >= 0.6 is 0 Å². The zero-order valence-corrected chi connectivity index (χ0v) is 35.8. The van der Waals surface area contributed by atoms with E-state index < -0.39 is 0 Å². The van der Waals surface area contributed by atoms with Gasteiger partial charge in [0.25, 0.3) is 0 Å². The van der Waals surface area contributed by atoms with Crippen LogP contribution in [0.5, 0.6) is 11.5 Å². The van der Waals surface area contributed by atoms with Gasteiger partial charge in [-0.2, -0.15) is 0 Å². The molecule has 5 heteroatoms. The van der Waals surface area contributed by atoms with Crippen molar-refractivity contribution in [2.24, 2.45) is 0 Å². The first-order chi connectivity index (χ1) is 32.7. The number of pyridine rings is 3. The van der Waals surface area contributed by atoms with Gasteiger partial charge in [-0.25, -0.2) is 4.98 Å². The maximum Gasteiger partial charge on any atom is 0.137 e. The molecule has 8 aromatic carbocycles. The topological polar surface area (TPSA) is 52.8 Å². The summed E-state index contributed by atoms with van der Waals surface area (Å²) in [5, 5.41) is 4.52. The fourth-order valence-electron chi connectivity index (χ4n) is 9.19. The fourth-order valence-corrected chi connectivity index (χ4v) is 9.19. The predicted molar refractivity (Wildman–Crippen MR) is 271 cm³/mol. The Morgan fingerprint density at radius 2 is 0.864 bits per heavy atom. The van der Waals surface area contributed by atoms with Crippen LogP contribution in [0.15, 0.2) is 243 Å². The number of fused-ring (bicyclic) bond motifs is 4. The lowest BCUT2D eigenvalue weighted by Crippen LogP contribution is -1.96. The molecule has 0 aliphatic heterocycles. The molecule has 0 saturated heterocycles. The Bertz CT molecular complexity index is 3750. The van der Waals surface area contributed by atoms with Crippen LogP contribution in [0.4, 0.5) is 0 Å². The van der Waals surface area contributed by atoms with Gasteiger partial charge in [0.05, 0.1) is 22.4 Å². The molecular formula is C61H40N4O. The Labute approximate surface area is 382 Å². The van der Waals surface area contributed by atoms with Crippen molar-refractivity contribution in [1.82, 2.24) is 19.5 Å². The molecule has 4 aromatic heterocycles. The number of benzene rings is 8. The number of ether oxygens (including phenoxy) is 1. The van der Waals surface area contributed by atoms with E-state index in [0.717, 1.165) is 94.8 Å². The zero-order valence-electron chi connectivity index (χ0n) is 35.8. The lowest BCUT2D eigenvalue weighted by molar-refractivity contribution is 0.483. The lowest BCUT2D eigenvalue weighted by Gasteiger charge is -2.12. The Morgan fingerprint density at radius 3 is 1.53 bits per heavy atom. The molecule has 0 atom stereocenters. The van der Waals surface area contributed by atoms with Crippen LogP contribution in [0.1, 0.15) is 0 Å². The quantitative estimate of drug-likeness (QED) is 0.145. The first-order valence-electron chi connectivity index (χ1n) is 22.1. The molecule has 66 heavy (non-hydrogen) atoms. The summed E-state index contributed by atoms with van der Waals surface area (Å²) in [6, 6.07) is 78.7. The SMILES string of the molecule is c1ccc(-c2cccc(-c3cccc(-c4cccc(-c5cccc(-c6ccc7ccnc(-c8cccc(Oc9ccc%10c%11ccccc%11n(-c%11ccccn%11)c%10c9)c8)c7c6)c5)c4)c3)c2)nc1. The number of aromatic nitrogens is 4. The molecule has 4 heterocycles. The summed E-state index contributed by atoms with van der Waals surface area (Å²) in [5.74, 6) is 2.34. The first kappa shape index (κ1) is 38.7. The van der Waals surface area contributed by atoms with E-state index in [-0.39, 0.29) is 0 Å². The Morgan fingerprint density at radius 1 is 0.303 bits per heavy atom. The third-order valence-corrected chi connectivity index (χ3v) is 12.4. The van der Waals surface area contributed by atoms with Gasteiger partial charge in [0, 0.05) is 51.9 Å². The molecule has 0 amide bonds. The molecule has 0 aliphatic carbocycles. The van der Waals surface area contributed by atoms with E-state index in [1.807, 2.05) is 67.1 Å². The van der Waals surface area contributed by atoms with Crippen LogP contribution in [-0.2, 0) is 0 Å².